The molecule has 0 aliphatic carbocycles. The first-order valence-electron chi connectivity index (χ1n) is 6.39. The second-order valence-corrected chi connectivity index (χ2v) is 6.77. The van der Waals surface area contributed by atoms with Gasteiger partial charge in [0, 0.05) is 30.4 Å². The fourth-order valence-corrected chi connectivity index (χ4v) is 3.16. The monoisotopic (exact) mass is 341 g/mol. The van der Waals surface area contributed by atoms with E-state index in [4.69, 9.17) is 17.0 Å². The van der Waals surface area contributed by atoms with Crippen LogP contribution >= 0.6 is 28.1 Å². The summed E-state index contributed by atoms with van der Waals surface area (Å²) in [5, 5.41) is 0. The number of nitrogens with zero attached hydrogens (tertiary/aromatic N) is 2. The van der Waals surface area contributed by atoms with Crippen LogP contribution in [0, 0.1) is 10.2 Å². The molecule has 0 aromatic carbocycles. The lowest BCUT2D eigenvalue weighted by atomic mass is 9.82. The van der Waals surface area contributed by atoms with E-state index in [1.807, 2.05) is 12.3 Å². The summed E-state index contributed by atoms with van der Waals surface area (Å²) in [6.45, 7) is 4.87. The van der Waals surface area contributed by atoms with E-state index < -0.39 is 0 Å². The molecule has 1 N–H and O–H groups in total. The van der Waals surface area contributed by atoms with Gasteiger partial charge >= 0.3 is 0 Å². The third kappa shape index (κ3) is 2.61. The molecule has 1 aliphatic heterocycles. The minimum atomic E-state index is 0.236. The number of rotatable bonds is 2. The summed E-state index contributed by atoms with van der Waals surface area (Å²) in [6, 6.07) is 2.01. The minimum absolute atomic E-state index is 0.236. The van der Waals surface area contributed by atoms with Crippen molar-refractivity contribution >= 4 is 39.3 Å². The Morgan fingerprint density at radius 2 is 2.26 bits per heavy atom. The molecule has 102 valence electrons. The van der Waals surface area contributed by atoms with Crippen molar-refractivity contribution < 1.29 is 4.74 Å². The fraction of sp³-hybridized carbons (Fsp3) is 0.538. The van der Waals surface area contributed by atoms with Gasteiger partial charge in [-0.05, 0) is 52.5 Å². The van der Waals surface area contributed by atoms with Crippen LogP contribution in [0.4, 0.5) is 0 Å². The van der Waals surface area contributed by atoms with E-state index in [2.05, 4.69) is 37.4 Å². The number of aromatic amines is 1. The lowest BCUT2D eigenvalue weighted by molar-refractivity contribution is 0.0158. The SMILES string of the molecule is CC1(Cn2c(=S)[nH]c3cc(Br)cnc32)CCOCC1. The molecule has 2 aromatic heterocycles. The van der Waals surface area contributed by atoms with Gasteiger partial charge in [-0.1, -0.05) is 6.92 Å². The topological polar surface area (TPSA) is 42.8 Å². The Kier molecular flexibility index (Phi) is 3.49. The molecule has 3 rings (SSSR count). The second-order valence-electron chi connectivity index (χ2n) is 5.46. The zero-order chi connectivity index (χ0) is 13.5. The Morgan fingerprint density at radius 3 is 3.00 bits per heavy atom. The van der Waals surface area contributed by atoms with Crippen LogP contribution in [0.3, 0.4) is 0 Å². The Labute approximate surface area is 125 Å². The van der Waals surface area contributed by atoms with Crippen LogP contribution in [0.15, 0.2) is 16.7 Å². The van der Waals surface area contributed by atoms with Crippen molar-refractivity contribution in [1.29, 1.82) is 0 Å². The zero-order valence-corrected chi connectivity index (χ0v) is 13.2. The van der Waals surface area contributed by atoms with Crippen molar-refractivity contribution in [3.63, 3.8) is 0 Å². The molecular weight excluding hydrogens is 326 g/mol. The van der Waals surface area contributed by atoms with E-state index in [0.29, 0.717) is 0 Å². The van der Waals surface area contributed by atoms with Gasteiger partial charge < -0.3 is 14.3 Å². The molecule has 4 nitrogen and oxygen atoms in total. The van der Waals surface area contributed by atoms with Crippen LogP contribution < -0.4 is 0 Å². The van der Waals surface area contributed by atoms with E-state index >= 15 is 0 Å². The molecular formula is C13H16BrN3OS. The highest BCUT2D eigenvalue weighted by Crippen LogP contribution is 2.32. The highest BCUT2D eigenvalue weighted by Gasteiger charge is 2.28. The van der Waals surface area contributed by atoms with E-state index in [9.17, 15) is 0 Å². The summed E-state index contributed by atoms with van der Waals surface area (Å²) in [4.78, 5) is 7.71. The maximum absolute atomic E-state index is 5.45. The molecule has 0 amide bonds. The van der Waals surface area contributed by atoms with Gasteiger partial charge in [0.05, 0.1) is 5.52 Å². The van der Waals surface area contributed by atoms with Gasteiger partial charge in [0.2, 0.25) is 0 Å². The highest BCUT2D eigenvalue weighted by molar-refractivity contribution is 9.10. The second kappa shape index (κ2) is 5.00. The van der Waals surface area contributed by atoms with Gasteiger partial charge in [0.25, 0.3) is 0 Å². The third-order valence-electron chi connectivity index (χ3n) is 3.82. The summed E-state index contributed by atoms with van der Waals surface area (Å²) in [6.07, 6.45) is 3.95. The van der Waals surface area contributed by atoms with Crippen LogP contribution in [0.2, 0.25) is 0 Å². The summed E-state index contributed by atoms with van der Waals surface area (Å²) >= 11 is 8.87. The highest BCUT2D eigenvalue weighted by atomic mass is 79.9. The van der Waals surface area contributed by atoms with Gasteiger partial charge in [-0.25, -0.2) is 4.98 Å². The number of hydrogen-bond donors (Lipinski definition) is 1. The number of ether oxygens (including phenoxy) is 1. The predicted octanol–water partition coefficient (Wildman–Crippen LogP) is 3.67. The van der Waals surface area contributed by atoms with Crippen molar-refractivity contribution in [3.05, 3.63) is 21.5 Å². The Balaban J connectivity index is 2.00. The van der Waals surface area contributed by atoms with Crippen molar-refractivity contribution in [1.82, 2.24) is 14.5 Å². The first kappa shape index (κ1) is 13.3. The molecule has 19 heavy (non-hydrogen) atoms. The van der Waals surface area contributed by atoms with Crippen molar-refractivity contribution in [2.24, 2.45) is 5.41 Å². The third-order valence-corrected chi connectivity index (χ3v) is 4.57. The van der Waals surface area contributed by atoms with E-state index in [1.54, 1.807) is 0 Å². The average Bonchev–Trinajstić information content (AvgIpc) is 2.65. The molecule has 0 unspecified atom stereocenters. The Bertz CT molecular complexity index is 657. The number of hydrogen-bond acceptors (Lipinski definition) is 3. The van der Waals surface area contributed by atoms with Crippen molar-refractivity contribution in [3.8, 4) is 0 Å². The van der Waals surface area contributed by atoms with Gasteiger partial charge in [0.1, 0.15) is 0 Å². The molecule has 1 fully saturated rings. The van der Waals surface area contributed by atoms with Gasteiger partial charge in [0.15, 0.2) is 10.4 Å². The standard InChI is InChI=1S/C13H16BrN3OS/c1-13(2-4-18-5-3-13)8-17-11-10(16-12(17)19)6-9(14)7-15-11/h6-7H,2-5,8H2,1H3,(H,16,19). The molecule has 1 aliphatic rings. The van der Waals surface area contributed by atoms with Crippen LogP contribution in [-0.4, -0.2) is 27.7 Å². The number of aromatic nitrogens is 3. The maximum Gasteiger partial charge on any atom is 0.179 e. The minimum Gasteiger partial charge on any atom is -0.381 e. The quantitative estimate of drug-likeness (QED) is 0.847. The zero-order valence-electron chi connectivity index (χ0n) is 10.8. The van der Waals surface area contributed by atoms with Gasteiger partial charge in [-0.3, -0.25) is 0 Å². The number of pyridine rings is 1. The largest absolute Gasteiger partial charge is 0.381 e. The predicted molar refractivity (Wildman–Crippen MR) is 80.8 cm³/mol. The van der Waals surface area contributed by atoms with Gasteiger partial charge in [-0.15, -0.1) is 0 Å². The smallest absolute Gasteiger partial charge is 0.179 e. The number of halogens is 1. The van der Waals surface area contributed by atoms with E-state index in [-0.39, 0.29) is 5.41 Å². The first-order chi connectivity index (χ1) is 9.07. The van der Waals surface area contributed by atoms with Crippen molar-refractivity contribution in [2.75, 3.05) is 13.2 Å². The summed E-state index contributed by atoms with van der Waals surface area (Å²) in [7, 11) is 0. The molecule has 0 radical (unpaired) electrons. The fourth-order valence-electron chi connectivity index (χ4n) is 2.57. The number of H-pyrrole nitrogens is 1. The van der Waals surface area contributed by atoms with Crippen LogP contribution in [-0.2, 0) is 11.3 Å². The Morgan fingerprint density at radius 1 is 1.53 bits per heavy atom. The lowest BCUT2D eigenvalue weighted by Crippen LogP contribution is -2.31. The number of fused-ring (bicyclic) bond motifs is 1. The molecule has 3 heterocycles. The number of nitrogens with one attached hydrogen (secondary N) is 1. The molecule has 1 saturated heterocycles. The molecule has 0 spiro atoms. The summed E-state index contributed by atoms with van der Waals surface area (Å²) < 4.78 is 9.27. The Hall–Kier alpha value is -0.720. The molecule has 0 atom stereocenters. The maximum atomic E-state index is 5.45. The van der Waals surface area contributed by atoms with E-state index in [1.165, 1.54) is 0 Å². The lowest BCUT2D eigenvalue weighted by Gasteiger charge is -2.33. The van der Waals surface area contributed by atoms with Gasteiger partial charge in [-0.2, -0.15) is 0 Å². The van der Waals surface area contributed by atoms with Crippen molar-refractivity contribution in [2.45, 2.75) is 26.3 Å². The molecule has 6 heteroatoms. The normalized spacial score (nSPS) is 18.8. The number of imidazole rings is 1. The van der Waals surface area contributed by atoms with Crippen LogP contribution in [0.25, 0.3) is 11.2 Å². The summed E-state index contributed by atoms with van der Waals surface area (Å²) in [5.41, 5.74) is 2.15. The van der Waals surface area contributed by atoms with Crippen LogP contribution in [0.1, 0.15) is 19.8 Å². The molecule has 0 saturated carbocycles. The van der Waals surface area contributed by atoms with E-state index in [0.717, 1.165) is 53.0 Å². The molecule has 2 aromatic rings. The average molecular weight is 342 g/mol. The summed E-state index contributed by atoms with van der Waals surface area (Å²) in [5.74, 6) is 0. The van der Waals surface area contributed by atoms with Crippen LogP contribution in [0.5, 0.6) is 0 Å². The molecule has 0 bridgehead atoms. The first-order valence-corrected chi connectivity index (χ1v) is 7.59.